The summed E-state index contributed by atoms with van der Waals surface area (Å²) in [6, 6.07) is 13.7. The summed E-state index contributed by atoms with van der Waals surface area (Å²) in [4.78, 5) is 12.2. The van der Waals surface area contributed by atoms with Crippen LogP contribution in [0.5, 0.6) is 5.75 Å². The molecular weight excluding hydrogens is 260 g/mol. The lowest BCUT2D eigenvalue weighted by atomic mass is 10.0. The van der Waals surface area contributed by atoms with E-state index in [0.717, 1.165) is 11.3 Å². The van der Waals surface area contributed by atoms with Gasteiger partial charge < -0.3 is 4.74 Å². The smallest absolute Gasteiger partial charge is 0.200 e. The second-order valence-corrected chi connectivity index (χ2v) is 5.76. The van der Waals surface area contributed by atoms with Gasteiger partial charge in [0, 0.05) is 5.56 Å². The summed E-state index contributed by atoms with van der Waals surface area (Å²) in [5.74, 6) is 1.25. The van der Waals surface area contributed by atoms with Crippen LogP contribution in [0.25, 0.3) is 0 Å². The second kappa shape index (κ2) is 6.57. The van der Waals surface area contributed by atoms with Crippen LogP contribution in [0.2, 0.25) is 0 Å². The molecule has 0 spiro atoms. The number of aryl methyl sites for hydroxylation is 2. The summed E-state index contributed by atoms with van der Waals surface area (Å²) >= 11 is 0. The van der Waals surface area contributed by atoms with Crippen LogP contribution in [0.15, 0.2) is 42.5 Å². The summed E-state index contributed by atoms with van der Waals surface area (Å²) in [5.41, 5.74) is 4.18. The quantitative estimate of drug-likeness (QED) is 0.744. The first-order valence-electron chi connectivity index (χ1n) is 7.30. The maximum absolute atomic E-state index is 12.2. The number of ether oxygens (including phenoxy) is 1. The molecule has 0 aromatic heterocycles. The maximum Gasteiger partial charge on any atom is 0.200 e. The lowest BCUT2D eigenvalue weighted by molar-refractivity contribution is 0.0921. The first-order valence-corrected chi connectivity index (χ1v) is 7.30. The van der Waals surface area contributed by atoms with Gasteiger partial charge in [-0.3, -0.25) is 4.79 Å². The molecule has 0 radical (unpaired) electrons. The molecular formula is C19H22O2. The van der Waals surface area contributed by atoms with Gasteiger partial charge in [0.05, 0.1) is 0 Å². The normalized spacial score (nSPS) is 10.7. The molecule has 2 heteroatoms. The predicted octanol–water partition coefficient (Wildman–Crippen LogP) is 4.69. The van der Waals surface area contributed by atoms with Gasteiger partial charge in [-0.15, -0.1) is 0 Å². The fourth-order valence-corrected chi connectivity index (χ4v) is 2.24. The Labute approximate surface area is 126 Å². The maximum atomic E-state index is 12.2. The Kier molecular flexibility index (Phi) is 4.79. The van der Waals surface area contributed by atoms with E-state index in [1.165, 1.54) is 11.1 Å². The van der Waals surface area contributed by atoms with Crippen molar-refractivity contribution >= 4 is 5.78 Å². The average Bonchev–Trinajstić information content (AvgIpc) is 2.46. The van der Waals surface area contributed by atoms with E-state index >= 15 is 0 Å². The van der Waals surface area contributed by atoms with E-state index in [4.69, 9.17) is 4.74 Å². The van der Waals surface area contributed by atoms with Gasteiger partial charge in [0.2, 0.25) is 0 Å². The molecule has 0 heterocycles. The van der Waals surface area contributed by atoms with E-state index in [9.17, 15) is 4.79 Å². The van der Waals surface area contributed by atoms with Crippen LogP contribution in [0.4, 0.5) is 0 Å². The van der Waals surface area contributed by atoms with Crippen molar-refractivity contribution in [3.63, 3.8) is 0 Å². The second-order valence-electron chi connectivity index (χ2n) is 5.76. The third-order valence-corrected chi connectivity index (χ3v) is 3.59. The molecule has 0 fully saturated rings. The van der Waals surface area contributed by atoms with Gasteiger partial charge in [-0.1, -0.05) is 55.8 Å². The Balaban J connectivity index is 2.01. The van der Waals surface area contributed by atoms with Crippen molar-refractivity contribution in [3.05, 3.63) is 64.7 Å². The third kappa shape index (κ3) is 3.94. The van der Waals surface area contributed by atoms with Crippen LogP contribution in [0.3, 0.4) is 0 Å². The standard InChI is InChI=1S/C19H22O2/c1-13(2)16-6-8-17(9-7-16)18(20)12-21-19-10-5-14(3)11-15(19)4/h5-11,13H,12H2,1-4H3. The molecule has 0 aliphatic rings. The van der Waals surface area contributed by atoms with Crippen molar-refractivity contribution in [2.75, 3.05) is 6.61 Å². The fourth-order valence-electron chi connectivity index (χ4n) is 2.24. The molecule has 110 valence electrons. The van der Waals surface area contributed by atoms with Gasteiger partial charge in [-0.2, -0.15) is 0 Å². The van der Waals surface area contributed by atoms with Gasteiger partial charge in [-0.25, -0.2) is 0 Å². The highest BCUT2D eigenvalue weighted by Crippen LogP contribution is 2.19. The predicted molar refractivity (Wildman–Crippen MR) is 86.3 cm³/mol. The fraction of sp³-hybridized carbons (Fsp3) is 0.316. The Hall–Kier alpha value is -2.09. The van der Waals surface area contributed by atoms with Crippen LogP contribution in [0.1, 0.15) is 46.8 Å². The summed E-state index contributed by atoms with van der Waals surface area (Å²) < 4.78 is 5.64. The highest BCUT2D eigenvalue weighted by atomic mass is 16.5. The van der Waals surface area contributed by atoms with Crippen molar-refractivity contribution in [2.24, 2.45) is 0 Å². The number of benzene rings is 2. The monoisotopic (exact) mass is 282 g/mol. The summed E-state index contributed by atoms with van der Waals surface area (Å²) in [6.45, 7) is 8.38. The van der Waals surface area contributed by atoms with Gasteiger partial charge in [-0.05, 0) is 37.0 Å². The zero-order chi connectivity index (χ0) is 15.4. The van der Waals surface area contributed by atoms with Crippen LogP contribution >= 0.6 is 0 Å². The number of hydrogen-bond donors (Lipinski definition) is 0. The van der Waals surface area contributed by atoms with Crippen LogP contribution in [-0.2, 0) is 0 Å². The number of carbonyl (C=O) groups is 1. The lowest BCUT2D eigenvalue weighted by Crippen LogP contribution is -2.12. The number of carbonyl (C=O) groups excluding carboxylic acids is 1. The van der Waals surface area contributed by atoms with Crippen LogP contribution < -0.4 is 4.74 Å². The van der Waals surface area contributed by atoms with E-state index in [1.54, 1.807) is 0 Å². The van der Waals surface area contributed by atoms with Crippen molar-refractivity contribution in [3.8, 4) is 5.75 Å². The minimum absolute atomic E-state index is 0.00489. The van der Waals surface area contributed by atoms with Gasteiger partial charge >= 0.3 is 0 Å². The molecule has 0 aliphatic carbocycles. The topological polar surface area (TPSA) is 26.3 Å². The average molecular weight is 282 g/mol. The number of ketones is 1. The Morgan fingerprint density at radius 1 is 1.05 bits per heavy atom. The van der Waals surface area contributed by atoms with Crippen molar-refractivity contribution in [1.82, 2.24) is 0 Å². The lowest BCUT2D eigenvalue weighted by Gasteiger charge is -2.10. The largest absolute Gasteiger partial charge is 0.485 e. The first kappa shape index (κ1) is 15.3. The molecule has 0 amide bonds. The number of Topliss-reactive ketones (excluding diaryl/α,β-unsaturated/α-hetero) is 1. The van der Waals surface area contributed by atoms with E-state index in [1.807, 2.05) is 50.2 Å². The Morgan fingerprint density at radius 2 is 1.71 bits per heavy atom. The molecule has 0 N–H and O–H groups in total. The first-order chi connectivity index (χ1) is 9.97. The molecule has 0 bridgehead atoms. The van der Waals surface area contributed by atoms with E-state index < -0.39 is 0 Å². The molecule has 2 nitrogen and oxygen atoms in total. The molecule has 2 aromatic carbocycles. The Morgan fingerprint density at radius 3 is 2.29 bits per heavy atom. The molecule has 0 unspecified atom stereocenters. The van der Waals surface area contributed by atoms with E-state index in [-0.39, 0.29) is 12.4 Å². The van der Waals surface area contributed by atoms with Crippen molar-refractivity contribution < 1.29 is 9.53 Å². The minimum Gasteiger partial charge on any atom is -0.485 e. The highest BCUT2D eigenvalue weighted by molar-refractivity contribution is 5.97. The van der Waals surface area contributed by atoms with Crippen LogP contribution in [-0.4, -0.2) is 12.4 Å². The SMILES string of the molecule is Cc1ccc(OCC(=O)c2ccc(C(C)C)cc2)c(C)c1. The van der Waals surface area contributed by atoms with E-state index in [0.29, 0.717) is 11.5 Å². The molecule has 0 saturated carbocycles. The summed E-state index contributed by atoms with van der Waals surface area (Å²) in [7, 11) is 0. The van der Waals surface area contributed by atoms with Gasteiger partial charge in [0.1, 0.15) is 5.75 Å². The third-order valence-electron chi connectivity index (χ3n) is 3.59. The summed E-state index contributed by atoms with van der Waals surface area (Å²) in [6.07, 6.45) is 0. The van der Waals surface area contributed by atoms with Crippen molar-refractivity contribution in [1.29, 1.82) is 0 Å². The zero-order valence-corrected chi connectivity index (χ0v) is 13.1. The number of rotatable bonds is 5. The number of hydrogen-bond acceptors (Lipinski definition) is 2. The van der Waals surface area contributed by atoms with E-state index in [2.05, 4.69) is 19.9 Å². The van der Waals surface area contributed by atoms with Gasteiger partial charge in [0.15, 0.2) is 12.4 Å². The minimum atomic E-state index is 0.00489. The molecule has 2 rings (SSSR count). The molecule has 2 aromatic rings. The molecule has 0 saturated heterocycles. The van der Waals surface area contributed by atoms with Gasteiger partial charge in [0.25, 0.3) is 0 Å². The molecule has 0 aliphatic heterocycles. The molecule has 21 heavy (non-hydrogen) atoms. The van der Waals surface area contributed by atoms with Crippen LogP contribution in [0, 0.1) is 13.8 Å². The Bertz CT molecular complexity index is 625. The zero-order valence-electron chi connectivity index (χ0n) is 13.1. The molecule has 0 atom stereocenters. The summed E-state index contributed by atoms with van der Waals surface area (Å²) in [5, 5.41) is 0. The highest BCUT2D eigenvalue weighted by Gasteiger charge is 2.09. The van der Waals surface area contributed by atoms with Crippen molar-refractivity contribution in [2.45, 2.75) is 33.6 Å².